The highest BCUT2D eigenvalue weighted by atomic mass is 35.5. The number of amides is 1. The van der Waals surface area contributed by atoms with Gasteiger partial charge in [-0.1, -0.05) is 23.7 Å². The number of ether oxygens (including phenoxy) is 3. The van der Waals surface area contributed by atoms with E-state index >= 15 is 4.39 Å². The van der Waals surface area contributed by atoms with Gasteiger partial charge in [-0.2, -0.15) is 4.37 Å². The zero-order valence-electron chi connectivity index (χ0n) is 24.9. The van der Waals surface area contributed by atoms with Crippen LogP contribution in [0.25, 0.3) is 0 Å². The van der Waals surface area contributed by atoms with Crippen LogP contribution in [-0.2, 0) is 16.6 Å². The number of hydrogen-bond donors (Lipinski definition) is 1. The van der Waals surface area contributed by atoms with E-state index in [1.165, 1.54) is 32.4 Å². The number of likely N-dealkylation sites (tertiary alicyclic amines) is 1. The van der Waals surface area contributed by atoms with E-state index in [0.29, 0.717) is 41.2 Å². The topological polar surface area (TPSA) is 131 Å². The molecule has 0 bridgehead atoms. The van der Waals surface area contributed by atoms with Crippen LogP contribution in [0.5, 0.6) is 17.2 Å². The Hall–Kier alpha value is -4.28. The molecular weight excluding hydrogens is 685 g/mol. The molecule has 1 fully saturated rings. The molecule has 250 valence electrons. The molecule has 0 radical (unpaired) electrons. The van der Waals surface area contributed by atoms with Crippen molar-refractivity contribution in [3.63, 3.8) is 0 Å². The predicted molar refractivity (Wildman–Crippen MR) is 167 cm³/mol. The number of hydrogen-bond acceptors (Lipinski definition) is 9. The molecule has 47 heavy (non-hydrogen) atoms. The Balaban J connectivity index is 1.46. The third kappa shape index (κ3) is 7.34. The number of carbonyl (C=O) groups is 1. The van der Waals surface area contributed by atoms with Gasteiger partial charge in [0.2, 0.25) is 5.13 Å². The Bertz CT molecular complexity index is 1870. The van der Waals surface area contributed by atoms with Gasteiger partial charge in [0.1, 0.15) is 22.9 Å². The van der Waals surface area contributed by atoms with E-state index in [1.807, 2.05) is 0 Å². The number of carboxylic acid groups (broad SMARTS) is 1. The van der Waals surface area contributed by atoms with Gasteiger partial charge >= 0.3 is 6.09 Å². The zero-order chi connectivity index (χ0) is 33.9. The molecule has 4 aromatic rings. The number of methoxy groups -OCH3 is 2. The van der Waals surface area contributed by atoms with Crippen LogP contribution in [0.1, 0.15) is 23.5 Å². The summed E-state index contributed by atoms with van der Waals surface area (Å²) in [5.74, 6) is -4.19. The second-order valence-electron chi connectivity index (χ2n) is 10.5. The minimum atomic E-state index is -4.82. The molecule has 1 saturated heterocycles. The average Bonchev–Trinajstić information content (AvgIpc) is 3.59. The van der Waals surface area contributed by atoms with Gasteiger partial charge in [-0.15, -0.1) is 0 Å². The lowest BCUT2D eigenvalue weighted by Crippen LogP contribution is -2.44. The molecule has 1 aromatic heterocycles. The maximum absolute atomic E-state index is 16.0. The maximum Gasteiger partial charge on any atom is 0.407 e. The molecule has 1 aliphatic rings. The molecule has 3 aromatic carbocycles. The Labute approximate surface area is 277 Å². The molecule has 5 rings (SSSR count). The number of rotatable bonds is 11. The van der Waals surface area contributed by atoms with Crippen LogP contribution >= 0.6 is 23.1 Å². The van der Waals surface area contributed by atoms with Crippen LogP contribution < -0.4 is 18.5 Å². The van der Waals surface area contributed by atoms with Crippen molar-refractivity contribution in [3.05, 3.63) is 88.5 Å². The van der Waals surface area contributed by atoms with Crippen molar-refractivity contribution in [2.75, 3.05) is 38.2 Å². The van der Waals surface area contributed by atoms with Crippen molar-refractivity contribution in [2.45, 2.75) is 23.8 Å². The number of halogens is 4. The summed E-state index contributed by atoms with van der Waals surface area (Å²) in [6, 6.07) is 10.1. The van der Waals surface area contributed by atoms with Crippen LogP contribution in [0.2, 0.25) is 5.02 Å². The van der Waals surface area contributed by atoms with Crippen molar-refractivity contribution in [2.24, 2.45) is 5.92 Å². The Morgan fingerprint density at radius 2 is 1.85 bits per heavy atom. The molecule has 1 aliphatic heterocycles. The number of benzene rings is 3. The Morgan fingerprint density at radius 1 is 1.09 bits per heavy atom. The Morgan fingerprint density at radius 3 is 2.51 bits per heavy atom. The fourth-order valence-electron chi connectivity index (χ4n) is 5.38. The summed E-state index contributed by atoms with van der Waals surface area (Å²) in [7, 11) is -1.97. The highest BCUT2D eigenvalue weighted by molar-refractivity contribution is 7.93. The van der Waals surface area contributed by atoms with Crippen LogP contribution in [-0.4, -0.2) is 67.8 Å². The van der Waals surface area contributed by atoms with Crippen molar-refractivity contribution < 1.29 is 45.7 Å². The van der Waals surface area contributed by atoms with E-state index in [0.717, 1.165) is 27.1 Å². The van der Waals surface area contributed by atoms with E-state index < -0.39 is 56.0 Å². The lowest BCUT2D eigenvalue weighted by atomic mass is 9.81. The molecule has 1 N–H and O–H groups in total. The molecule has 1 amide bonds. The van der Waals surface area contributed by atoms with Gasteiger partial charge in [0, 0.05) is 36.6 Å². The fraction of sp³-hybridized carbons (Fsp3) is 0.300. The Kier molecular flexibility index (Phi) is 10.3. The third-order valence-electron chi connectivity index (χ3n) is 7.71. The molecular formula is C30H28ClF3N4O7S2. The van der Waals surface area contributed by atoms with Crippen LogP contribution in [0.3, 0.4) is 0 Å². The zero-order valence-corrected chi connectivity index (χ0v) is 27.3. The van der Waals surface area contributed by atoms with Crippen molar-refractivity contribution >= 4 is 44.4 Å². The second kappa shape index (κ2) is 14.2. The maximum atomic E-state index is 16.0. The van der Waals surface area contributed by atoms with Gasteiger partial charge in [-0.05, 0) is 53.8 Å². The fourth-order valence-corrected chi connectivity index (χ4v) is 7.73. The minimum Gasteiger partial charge on any atom is -0.493 e. The van der Waals surface area contributed by atoms with E-state index in [1.54, 1.807) is 18.2 Å². The first-order chi connectivity index (χ1) is 22.4. The minimum absolute atomic E-state index is 0.0531. The van der Waals surface area contributed by atoms with Crippen LogP contribution in [0, 0.1) is 23.4 Å². The standard InChI is InChI=1S/C30H28ClF3N4O7S2/c1-43-24-6-3-17(9-25(24)44-2)13-38(29-35-16-36-46-29)47(41,42)27-12-20(32)11-26(28(27)34)45-15-19-14-37(30(39)40)8-7-21(19)18-4-5-22(31)23(33)10-18/h3-6,9-12,16,19,21H,7-8,13-15H2,1-2H3,(H,39,40)/t19-,21-/m1/s1. The first kappa shape index (κ1) is 34.1. The molecule has 2 heterocycles. The second-order valence-corrected chi connectivity index (χ2v) is 13.5. The van der Waals surface area contributed by atoms with Crippen LogP contribution in [0.15, 0.2) is 59.8 Å². The van der Waals surface area contributed by atoms with Gasteiger partial charge < -0.3 is 24.2 Å². The van der Waals surface area contributed by atoms with Gasteiger partial charge in [-0.3, -0.25) is 0 Å². The largest absolute Gasteiger partial charge is 0.493 e. The number of anilines is 1. The highest BCUT2D eigenvalue weighted by Crippen LogP contribution is 2.37. The normalized spacial score (nSPS) is 16.5. The monoisotopic (exact) mass is 712 g/mol. The summed E-state index contributed by atoms with van der Waals surface area (Å²) in [5, 5.41) is 9.38. The molecule has 11 nitrogen and oxygen atoms in total. The van der Waals surface area contributed by atoms with Gasteiger partial charge in [0.05, 0.1) is 32.4 Å². The first-order valence-electron chi connectivity index (χ1n) is 14.0. The first-order valence-corrected chi connectivity index (χ1v) is 16.6. The number of sulfonamides is 1. The molecule has 0 unspecified atom stereocenters. The SMILES string of the molecule is COc1ccc(CN(c2ncns2)S(=O)(=O)c2cc(F)cc(OC[C@H]3CN(C(=O)O)CC[C@@H]3c3ccc(Cl)c(F)c3)c2F)cc1OC. The summed E-state index contributed by atoms with van der Waals surface area (Å²) in [4.78, 5) is 15.8. The number of nitrogens with zero attached hydrogens (tertiary/aromatic N) is 4. The highest BCUT2D eigenvalue weighted by Gasteiger charge is 2.36. The lowest BCUT2D eigenvalue weighted by Gasteiger charge is -2.37. The summed E-state index contributed by atoms with van der Waals surface area (Å²) < 4.78 is 94.2. The van der Waals surface area contributed by atoms with E-state index in [9.17, 15) is 27.1 Å². The number of aromatic nitrogens is 2. The summed E-state index contributed by atoms with van der Waals surface area (Å²) >= 11 is 6.57. The molecule has 0 saturated carbocycles. The third-order valence-corrected chi connectivity index (χ3v) is 10.6. The molecule has 0 aliphatic carbocycles. The summed E-state index contributed by atoms with van der Waals surface area (Å²) in [6.45, 7) is -0.595. The molecule has 2 atom stereocenters. The summed E-state index contributed by atoms with van der Waals surface area (Å²) in [5.41, 5.74) is 0.941. The molecule has 17 heteroatoms. The molecule has 0 spiro atoms. The quantitative estimate of drug-likeness (QED) is 0.194. The number of piperidine rings is 1. The van der Waals surface area contributed by atoms with Gasteiger partial charge in [0.15, 0.2) is 23.1 Å². The van der Waals surface area contributed by atoms with Crippen LogP contribution in [0.4, 0.5) is 23.1 Å². The smallest absolute Gasteiger partial charge is 0.407 e. The lowest BCUT2D eigenvalue weighted by molar-refractivity contribution is 0.0925. The van der Waals surface area contributed by atoms with Crippen molar-refractivity contribution in [1.29, 1.82) is 0 Å². The van der Waals surface area contributed by atoms with Gasteiger partial charge in [-0.25, -0.2) is 35.7 Å². The van der Waals surface area contributed by atoms with E-state index in [4.69, 9.17) is 25.8 Å². The predicted octanol–water partition coefficient (Wildman–Crippen LogP) is 6.18. The van der Waals surface area contributed by atoms with Gasteiger partial charge in [0.25, 0.3) is 10.0 Å². The van der Waals surface area contributed by atoms with E-state index in [2.05, 4.69) is 9.36 Å². The summed E-state index contributed by atoms with van der Waals surface area (Å²) in [6.07, 6.45) is 0.230. The van der Waals surface area contributed by atoms with Crippen molar-refractivity contribution in [1.82, 2.24) is 14.3 Å². The van der Waals surface area contributed by atoms with Crippen molar-refractivity contribution in [3.8, 4) is 17.2 Å². The van der Waals surface area contributed by atoms with E-state index in [-0.39, 0.29) is 36.4 Å². The average molecular weight is 713 g/mol.